The van der Waals surface area contributed by atoms with Gasteiger partial charge >= 0.3 is 0 Å². The number of ketones is 1. The van der Waals surface area contributed by atoms with Crippen LogP contribution in [0.15, 0.2) is 11.3 Å². The number of carbonyl (C=O) groups excluding carboxylic acids is 1. The monoisotopic (exact) mass is 270 g/mol. The Labute approximate surface area is 110 Å². The zero-order chi connectivity index (χ0) is 13.7. The Morgan fingerprint density at radius 3 is 2.42 bits per heavy atom. The second-order valence-electron chi connectivity index (χ2n) is 5.63. The molecule has 6 atom stereocenters. The molecule has 6 nitrogen and oxygen atoms in total. The summed E-state index contributed by atoms with van der Waals surface area (Å²) in [5.74, 6) is -0.967. The minimum Gasteiger partial charge on any atom is -0.491 e. The predicted molar refractivity (Wildman–Crippen MR) is 62.9 cm³/mol. The van der Waals surface area contributed by atoms with Crippen molar-refractivity contribution in [3.05, 3.63) is 11.3 Å². The first kappa shape index (κ1) is 13.1. The van der Waals surface area contributed by atoms with E-state index in [0.29, 0.717) is 12.8 Å². The van der Waals surface area contributed by atoms with Gasteiger partial charge < -0.3 is 25.2 Å². The highest BCUT2D eigenvalue weighted by molar-refractivity contribution is 6.00. The molecule has 1 aliphatic heterocycles. The van der Waals surface area contributed by atoms with Gasteiger partial charge in [0.05, 0.1) is 29.8 Å². The van der Waals surface area contributed by atoms with Crippen LogP contribution in [-0.2, 0) is 9.53 Å². The van der Waals surface area contributed by atoms with Crippen molar-refractivity contribution >= 4 is 5.78 Å². The minimum absolute atomic E-state index is 0.107. The maximum Gasteiger partial charge on any atom is 0.174 e. The second kappa shape index (κ2) is 4.56. The van der Waals surface area contributed by atoms with Gasteiger partial charge in [0.25, 0.3) is 0 Å². The molecule has 4 unspecified atom stereocenters. The van der Waals surface area contributed by atoms with Crippen molar-refractivity contribution in [2.75, 3.05) is 0 Å². The van der Waals surface area contributed by atoms with Gasteiger partial charge in [-0.1, -0.05) is 0 Å². The van der Waals surface area contributed by atoms with Crippen LogP contribution < -0.4 is 0 Å². The van der Waals surface area contributed by atoms with Gasteiger partial charge in [-0.3, -0.25) is 4.79 Å². The highest BCUT2D eigenvalue weighted by atomic mass is 16.5. The van der Waals surface area contributed by atoms with Gasteiger partial charge in [0.15, 0.2) is 5.78 Å². The van der Waals surface area contributed by atoms with E-state index in [1.807, 2.05) is 0 Å². The number of aliphatic hydroxyl groups excluding tert-OH is 4. The van der Waals surface area contributed by atoms with Gasteiger partial charge in [-0.25, -0.2) is 0 Å². The summed E-state index contributed by atoms with van der Waals surface area (Å²) >= 11 is 0. The molecular weight excluding hydrogens is 252 g/mol. The second-order valence-corrected chi connectivity index (χ2v) is 5.63. The minimum atomic E-state index is -0.971. The largest absolute Gasteiger partial charge is 0.491 e. The molecule has 19 heavy (non-hydrogen) atoms. The quantitative estimate of drug-likeness (QED) is 0.443. The van der Waals surface area contributed by atoms with Gasteiger partial charge in [0, 0.05) is 12.8 Å². The number of aliphatic hydroxyl groups is 4. The molecule has 2 aliphatic carbocycles. The van der Waals surface area contributed by atoms with Gasteiger partial charge in [0.1, 0.15) is 18.0 Å². The van der Waals surface area contributed by atoms with E-state index in [1.54, 1.807) is 0 Å². The number of hydrogen-bond donors (Lipinski definition) is 4. The maximum atomic E-state index is 12.4. The fourth-order valence-electron chi connectivity index (χ4n) is 3.35. The molecule has 1 heterocycles. The number of rotatable bonds is 0. The van der Waals surface area contributed by atoms with E-state index < -0.39 is 36.4 Å². The molecule has 0 bridgehead atoms. The van der Waals surface area contributed by atoms with E-state index in [9.17, 15) is 25.2 Å². The summed E-state index contributed by atoms with van der Waals surface area (Å²) in [6.07, 6.45) is -3.08. The molecule has 3 aliphatic rings. The van der Waals surface area contributed by atoms with Crippen molar-refractivity contribution in [3.63, 3.8) is 0 Å². The summed E-state index contributed by atoms with van der Waals surface area (Å²) < 4.78 is 5.62. The van der Waals surface area contributed by atoms with Crippen LogP contribution in [-0.4, -0.2) is 56.7 Å². The molecule has 0 aromatic carbocycles. The number of hydrogen-bond acceptors (Lipinski definition) is 6. The van der Waals surface area contributed by atoms with E-state index in [2.05, 4.69) is 0 Å². The third-order valence-corrected chi connectivity index (χ3v) is 4.29. The van der Waals surface area contributed by atoms with E-state index >= 15 is 0 Å². The lowest BCUT2D eigenvalue weighted by Crippen LogP contribution is -2.53. The fraction of sp³-hybridized carbons (Fsp3) is 0.769. The van der Waals surface area contributed by atoms with Crippen LogP contribution in [0.5, 0.6) is 0 Å². The third kappa shape index (κ3) is 1.99. The lowest BCUT2D eigenvalue weighted by atomic mass is 9.73. The molecule has 6 heteroatoms. The van der Waals surface area contributed by atoms with Crippen molar-refractivity contribution in [2.45, 2.75) is 56.2 Å². The van der Waals surface area contributed by atoms with Gasteiger partial charge in [0.2, 0.25) is 0 Å². The van der Waals surface area contributed by atoms with Crippen molar-refractivity contribution in [1.29, 1.82) is 0 Å². The summed E-state index contributed by atoms with van der Waals surface area (Å²) in [7, 11) is 0. The SMILES string of the molecule is O=C1C2=C(OC3CC(O)CC(O)C13)[C@H](O)CC[C@@H]2O. The number of carbonyl (C=O) groups is 1. The molecule has 3 rings (SSSR count). The van der Waals surface area contributed by atoms with Crippen molar-refractivity contribution in [3.8, 4) is 0 Å². The van der Waals surface area contributed by atoms with Crippen LogP contribution in [0, 0.1) is 5.92 Å². The predicted octanol–water partition coefficient (Wildman–Crippen LogP) is -1.14. The molecule has 0 aromatic rings. The molecule has 4 N–H and O–H groups in total. The van der Waals surface area contributed by atoms with Gasteiger partial charge in [-0.15, -0.1) is 0 Å². The van der Waals surface area contributed by atoms with Crippen molar-refractivity contribution in [1.82, 2.24) is 0 Å². The molecule has 1 saturated carbocycles. The van der Waals surface area contributed by atoms with Crippen molar-refractivity contribution < 1.29 is 30.0 Å². The maximum absolute atomic E-state index is 12.4. The van der Waals surface area contributed by atoms with Crippen LogP contribution in [0.4, 0.5) is 0 Å². The lowest BCUT2D eigenvalue weighted by Gasteiger charge is -2.44. The first-order chi connectivity index (χ1) is 8.99. The van der Waals surface area contributed by atoms with E-state index in [4.69, 9.17) is 4.74 Å². The Morgan fingerprint density at radius 1 is 1.00 bits per heavy atom. The summed E-state index contributed by atoms with van der Waals surface area (Å²) in [6.45, 7) is 0. The molecule has 1 fully saturated rings. The molecule has 0 radical (unpaired) electrons. The van der Waals surface area contributed by atoms with Crippen molar-refractivity contribution in [2.24, 2.45) is 5.92 Å². The van der Waals surface area contributed by atoms with Gasteiger partial charge in [-0.2, -0.15) is 0 Å². The standard InChI is InChI=1S/C13H18O6/c14-5-3-8(17)10-9(4-5)19-13-7(16)2-1-6(15)11(13)12(10)18/h5-10,14-17H,1-4H2/t5?,6-,7+,8?,9?,10?/m0/s1. The van der Waals surface area contributed by atoms with E-state index in [-0.39, 0.29) is 30.0 Å². The van der Waals surface area contributed by atoms with E-state index in [0.717, 1.165) is 0 Å². The van der Waals surface area contributed by atoms with Crippen LogP contribution >= 0.6 is 0 Å². The molecule has 106 valence electrons. The van der Waals surface area contributed by atoms with E-state index in [1.165, 1.54) is 0 Å². The molecule has 0 saturated heterocycles. The molecule has 0 amide bonds. The Hall–Kier alpha value is -0.950. The fourth-order valence-corrected chi connectivity index (χ4v) is 3.35. The Morgan fingerprint density at radius 2 is 1.68 bits per heavy atom. The highest BCUT2D eigenvalue weighted by Crippen LogP contribution is 2.41. The zero-order valence-corrected chi connectivity index (χ0v) is 10.4. The number of fused-ring (bicyclic) bond motifs is 1. The Balaban J connectivity index is 1.99. The third-order valence-electron chi connectivity index (χ3n) is 4.29. The molecular formula is C13H18O6. The average molecular weight is 270 g/mol. The zero-order valence-electron chi connectivity index (χ0n) is 10.4. The first-order valence-electron chi connectivity index (χ1n) is 6.66. The number of ether oxygens (including phenoxy) is 1. The van der Waals surface area contributed by atoms with Gasteiger partial charge in [-0.05, 0) is 12.8 Å². The topological polar surface area (TPSA) is 107 Å². The van der Waals surface area contributed by atoms with Crippen LogP contribution in [0.2, 0.25) is 0 Å². The van der Waals surface area contributed by atoms with Crippen LogP contribution in [0.1, 0.15) is 25.7 Å². The van der Waals surface area contributed by atoms with Crippen LogP contribution in [0.3, 0.4) is 0 Å². The first-order valence-corrected chi connectivity index (χ1v) is 6.66. The normalized spacial score (nSPS) is 46.4. The summed E-state index contributed by atoms with van der Waals surface area (Å²) in [6, 6.07) is 0. The molecule has 0 spiro atoms. The smallest absolute Gasteiger partial charge is 0.174 e. The highest BCUT2D eigenvalue weighted by Gasteiger charge is 2.50. The van der Waals surface area contributed by atoms with Crippen LogP contribution in [0.25, 0.3) is 0 Å². The lowest BCUT2D eigenvalue weighted by molar-refractivity contribution is -0.148. The Kier molecular flexibility index (Phi) is 3.13. The average Bonchev–Trinajstić information content (AvgIpc) is 2.32. The molecule has 0 aromatic heterocycles. The summed E-state index contributed by atoms with van der Waals surface area (Å²) in [4.78, 5) is 12.4. The summed E-state index contributed by atoms with van der Waals surface area (Å²) in [5.41, 5.74) is 0.107. The Bertz CT molecular complexity index is 431. The number of Topliss-reactive ketones (excluding diaryl/α,β-unsaturated/α-hetero) is 1. The summed E-state index contributed by atoms with van der Waals surface area (Å²) in [5, 5.41) is 39.4.